The van der Waals surface area contributed by atoms with E-state index in [1.54, 1.807) is 23.9 Å². The van der Waals surface area contributed by atoms with Crippen molar-refractivity contribution in [3.63, 3.8) is 0 Å². The van der Waals surface area contributed by atoms with E-state index in [1.807, 2.05) is 48.5 Å². The molecule has 1 aliphatic heterocycles. The van der Waals surface area contributed by atoms with Crippen LogP contribution in [0.5, 0.6) is 5.75 Å². The first kappa shape index (κ1) is 22.1. The molecule has 0 saturated carbocycles. The molecule has 0 radical (unpaired) electrons. The van der Waals surface area contributed by atoms with Crippen LogP contribution in [0.3, 0.4) is 0 Å². The van der Waals surface area contributed by atoms with Crippen LogP contribution in [0.2, 0.25) is 0 Å². The third kappa shape index (κ3) is 5.01. The number of rotatable bonds is 6. The van der Waals surface area contributed by atoms with Crippen LogP contribution in [0.4, 0.5) is 0 Å². The van der Waals surface area contributed by atoms with E-state index in [4.69, 9.17) is 15.2 Å². The molecule has 0 amide bonds. The number of aliphatic hydroxyl groups is 2. The molecule has 1 fully saturated rings. The summed E-state index contributed by atoms with van der Waals surface area (Å²) in [6, 6.07) is 15.2. The number of hydrogen-bond donors (Lipinski definition) is 3. The minimum absolute atomic E-state index is 0.0961. The van der Waals surface area contributed by atoms with E-state index in [2.05, 4.69) is 16.8 Å². The Morgan fingerprint density at radius 2 is 1.84 bits per heavy atom. The summed E-state index contributed by atoms with van der Waals surface area (Å²) >= 11 is 0. The van der Waals surface area contributed by atoms with Crippen molar-refractivity contribution in [2.24, 2.45) is 5.73 Å². The molecule has 4 N–H and O–H groups in total. The summed E-state index contributed by atoms with van der Waals surface area (Å²) in [5, 5.41) is 19.6. The Bertz CT molecular complexity index is 1080. The molecule has 1 aromatic heterocycles. The normalized spacial score (nSPS) is 19.8. The number of aromatic nitrogens is 2. The fourth-order valence-electron chi connectivity index (χ4n) is 3.60. The van der Waals surface area contributed by atoms with Gasteiger partial charge in [0.05, 0.1) is 25.9 Å². The molecule has 0 bridgehead atoms. The third-order valence-electron chi connectivity index (χ3n) is 5.39. The van der Waals surface area contributed by atoms with Gasteiger partial charge in [-0.3, -0.25) is 0 Å². The molecule has 0 aliphatic carbocycles. The van der Waals surface area contributed by atoms with E-state index in [1.165, 1.54) is 0 Å². The fraction of sp³-hybridized carbons (Fsp3) is 0.320. The van der Waals surface area contributed by atoms with Crippen molar-refractivity contribution in [2.45, 2.75) is 31.2 Å². The van der Waals surface area contributed by atoms with Gasteiger partial charge in [0.25, 0.3) is 0 Å². The standard InChI is InChI=1S/C25H27N3O4/c1-17(30)25-27-12-13-28(25)21(14-29)9-4-18-2-5-19(6-3-18)20-7-10-22(11-8-20)32-24-16-31-15-23(24)26/h2-3,5-8,10-13,17,21,23-24,29-30H,14-16,26H2,1H3/t17-,21?,23?,24?/m0/s1. The van der Waals surface area contributed by atoms with Gasteiger partial charge in [0.2, 0.25) is 0 Å². The topological polar surface area (TPSA) is 103 Å². The average Bonchev–Trinajstić information content (AvgIpc) is 3.45. The van der Waals surface area contributed by atoms with Crippen LogP contribution < -0.4 is 10.5 Å². The summed E-state index contributed by atoms with van der Waals surface area (Å²) in [7, 11) is 0. The predicted molar refractivity (Wildman–Crippen MR) is 121 cm³/mol. The minimum Gasteiger partial charge on any atom is -0.486 e. The van der Waals surface area contributed by atoms with Crippen LogP contribution in [0.15, 0.2) is 60.9 Å². The van der Waals surface area contributed by atoms with E-state index in [-0.39, 0.29) is 18.8 Å². The molecule has 3 unspecified atom stereocenters. The molecular weight excluding hydrogens is 406 g/mol. The molecule has 4 atom stereocenters. The number of nitrogens with two attached hydrogens (primary N) is 1. The van der Waals surface area contributed by atoms with E-state index < -0.39 is 12.1 Å². The van der Waals surface area contributed by atoms with Gasteiger partial charge in [-0.05, 0) is 42.3 Å². The SMILES string of the molecule is C[C@H](O)c1nccn1C(C#Cc1ccc(-c2ccc(OC3COCC3N)cc2)cc1)CO. The molecule has 1 saturated heterocycles. The van der Waals surface area contributed by atoms with Crippen LogP contribution in [0, 0.1) is 11.8 Å². The maximum absolute atomic E-state index is 9.83. The number of hydrogen-bond acceptors (Lipinski definition) is 6. The molecule has 2 heterocycles. The van der Waals surface area contributed by atoms with Gasteiger partial charge >= 0.3 is 0 Å². The second kappa shape index (κ2) is 9.98. The summed E-state index contributed by atoms with van der Waals surface area (Å²) in [6.45, 7) is 2.51. The smallest absolute Gasteiger partial charge is 0.139 e. The van der Waals surface area contributed by atoms with E-state index >= 15 is 0 Å². The van der Waals surface area contributed by atoms with Crippen molar-refractivity contribution in [3.05, 3.63) is 72.3 Å². The largest absolute Gasteiger partial charge is 0.486 e. The molecule has 3 aromatic rings. The Hall–Kier alpha value is -3.15. The van der Waals surface area contributed by atoms with Crippen LogP contribution in [-0.4, -0.2) is 51.7 Å². The fourth-order valence-corrected chi connectivity index (χ4v) is 3.60. The first-order valence-electron chi connectivity index (χ1n) is 10.6. The maximum Gasteiger partial charge on any atom is 0.139 e. The summed E-state index contributed by atoms with van der Waals surface area (Å²) in [4.78, 5) is 4.14. The Morgan fingerprint density at radius 3 is 2.44 bits per heavy atom. The number of aliphatic hydroxyl groups excluding tert-OH is 2. The average molecular weight is 434 g/mol. The van der Waals surface area contributed by atoms with Gasteiger partial charge in [0, 0.05) is 18.0 Å². The molecular formula is C25H27N3O4. The Balaban J connectivity index is 1.44. The lowest BCUT2D eigenvalue weighted by atomic mass is 10.0. The highest BCUT2D eigenvalue weighted by Gasteiger charge is 2.26. The third-order valence-corrected chi connectivity index (χ3v) is 5.39. The lowest BCUT2D eigenvalue weighted by molar-refractivity contribution is 0.140. The van der Waals surface area contributed by atoms with Crippen molar-refractivity contribution in [3.8, 4) is 28.7 Å². The zero-order valence-corrected chi connectivity index (χ0v) is 17.9. The maximum atomic E-state index is 9.83. The second-order valence-electron chi connectivity index (χ2n) is 7.80. The highest BCUT2D eigenvalue weighted by molar-refractivity contribution is 5.65. The molecule has 1 aliphatic rings. The van der Waals surface area contributed by atoms with Gasteiger partial charge in [-0.25, -0.2) is 4.98 Å². The quantitative estimate of drug-likeness (QED) is 0.516. The number of ether oxygens (including phenoxy) is 2. The van der Waals surface area contributed by atoms with Gasteiger partial charge < -0.3 is 30.0 Å². The van der Waals surface area contributed by atoms with E-state index in [9.17, 15) is 10.2 Å². The first-order chi connectivity index (χ1) is 15.5. The number of nitrogens with zero attached hydrogens (tertiary/aromatic N) is 2. The van der Waals surface area contributed by atoms with Crippen LogP contribution in [-0.2, 0) is 4.74 Å². The predicted octanol–water partition coefficient (Wildman–Crippen LogP) is 2.29. The number of benzene rings is 2. The molecule has 4 rings (SSSR count). The zero-order chi connectivity index (χ0) is 22.5. The monoisotopic (exact) mass is 433 g/mol. The molecule has 0 spiro atoms. The molecule has 2 aromatic carbocycles. The van der Waals surface area contributed by atoms with Crippen LogP contribution >= 0.6 is 0 Å². The van der Waals surface area contributed by atoms with Crippen molar-refractivity contribution in [1.82, 2.24) is 9.55 Å². The van der Waals surface area contributed by atoms with Gasteiger partial charge in [-0.15, -0.1) is 0 Å². The highest BCUT2D eigenvalue weighted by Crippen LogP contribution is 2.24. The van der Waals surface area contributed by atoms with E-state index in [0.29, 0.717) is 19.0 Å². The molecule has 32 heavy (non-hydrogen) atoms. The Morgan fingerprint density at radius 1 is 1.16 bits per heavy atom. The second-order valence-corrected chi connectivity index (χ2v) is 7.80. The lowest BCUT2D eigenvalue weighted by Crippen LogP contribution is -2.37. The first-order valence-corrected chi connectivity index (χ1v) is 10.6. The van der Waals surface area contributed by atoms with Gasteiger partial charge in [0.15, 0.2) is 0 Å². The summed E-state index contributed by atoms with van der Waals surface area (Å²) in [5.41, 5.74) is 8.94. The number of imidazole rings is 1. The molecule has 7 nitrogen and oxygen atoms in total. The Labute approximate surface area is 187 Å². The van der Waals surface area contributed by atoms with Crippen molar-refractivity contribution in [1.29, 1.82) is 0 Å². The van der Waals surface area contributed by atoms with Crippen molar-refractivity contribution >= 4 is 0 Å². The lowest BCUT2D eigenvalue weighted by Gasteiger charge is -2.16. The highest BCUT2D eigenvalue weighted by atomic mass is 16.5. The van der Waals surface area contributed by atoms with Gasteiger partial charge in [-0.1, -0.05) is 36.1 Å². The Kier molecular flexibility index (Phi) is 6.88. The summed E-state index contributed by atoms with van der Waals surface area (Å²) in [5.74, 6) is 7.41. The minimum atomic E-state index is -0.736. The summed E-state index contributed by atoms with van der Waals surface area (Å²) < 4.78 is 12.9. The van der Waals surface area contributed by atoms with Crippen molar-refractivity contribution in [2.75, 3.05) is 19.8 Å². The van der Waals surface area contributed by atoms with Crippen molar-refractivity contribution < 1.29 is 19.7 Å². The van der Waals surface area contributed by atoms with E-state index in [0.717, 1.165) is 22.4 Å². The van der Waals surface area contributed by atoms with Gasteiger partial charge in [-0.2, -0.15) is 0 Å². The zero-order valence-electron chi connectivity index (χ0n) is 17.9. The van der Waals surface area contributed by atoms with Crippen LogP contribution in [0.1, 0.15) is 30.5 Å². The molecule has 7 heteroatoms. The molecule has 166 valence electrons. The summed E-state index contributed by atoms with van der Waals surface area (Å²) in [6.07, 6.45) is 2.45. The van der Waals surface area contributed by atoms with Gasteiger partial charge in [0.1, 0.15) is 29.8 Å². The van der Waals surface area contributed by atoms with Crippen LogP contribution in [0.25, 0.3) is 11.1 Å².